The molecule has 0 bridgehead atoms. The van der Waals surface area contributed by atoms with Gasteiger partial charge in [0.1, 0.15) is 0 Å². The van der Waals surface area contributed by atoms with E-state index in [0.29, 0.717) is 13.1 Å². The normalized spacial score (nSPS) is 8.83. The third kappa shape index (κ3) is 2.42. The second-order valence-electron chi connectivity index (χ2n) is 2.22. The lowest BCUT2D eigenvalue weighted by molar-refractivity contribution is 0.190. The van der Waals surface area contributed by atoms with Crippen molar-refractivity contribution in [2.75, 3.05) is 13.1 Å². The fourth-order valence-electron chi connectivity index (χ4n) is 0.850. The number of rotatable bonds is 4. The van der Waals surface area contributed by atoms with Crippen LogP contribution in [-0.4, -0.2) is 28.9 Å². The Balaban J connectivity index is 4.31. The number of urea groups is 1. The molecule has 0 aromatic carbocycles. The van der Waals surface area contributed by atoms with Gasteiger partial charge in [0.05, 0.1) is 0 Å². The minimum Gasteiger partial charge on any atom is -0.302 e. The molecular formula is C9H16N2O. The van der Waals surface area contributed by atoms with Gasteiger partial charge in [-0.1, -0.05) is 13.2 Å². The fraction of sp³-hybridized carbons (Fsp3) is 0.444. The quantitative estimate of drug-likeness (QED) is 0.630. The number of carbonyl (C=O) groups excluding carboxylic acids is 1. The van der Waals surface area contributed by atoms with Crippen LogP contribution < -0.4 is 0 Å². The highest BCUT2D eigenvalue weighted by Gasteiger charge is 2.12. The summed E-state index contributed by atoms with van der Waals surface area (Å²) in [5.74, 6) is 0. The zero-order chi connectivity index (χ0) is 9.56. The van der Waals surface area contributed by atoms with Crippen molar-refractivity contribution in [3.63, 3.8) is 0 Å². The molecule has 0 heterocycles. The van der Waals surface area contributed by atoms with Crippen molar-refractivity contribution in [3.8, 4) is 0 Å². The van der Waals surface area contributed by atoms with Crippen molar-refractivity contribution in [2.24, 2.45) is 0 Å². The highest BCUT2D eigenvalue weighted by molar-refractivity contribution is 5.76. The van der Waals surface area contributed by atoms with Crippen LogP contribution in [0, 0.1) is 0 Å². The lowest BCUT2D eigenvalue weighted by Gasteiger charge is -2.23. The molecule has 3 nitrogen and oxygen atoms in total. The Morgan fingerprint density at radius 2 is 1.50 bits per heavy atom. The van der Waals surface area contributed by atoms with Crippen LogP contribution in [0.5, 0.6) is 0 Å². The molecule has 0 N–H and O–H groups in total. The van der Waals surface area contributed by atoms with Crippen LogP contribution in [0.1, 0.15) is 13.8 Å². The monoisotopic (exact) mass is 168 g/mol. The maximum atomic E-state index is 11.5. The molecule has 0 fully saturated rings. The smallest absolute Gasteiger partial charge is 0.302 e. The summed E-state index contributed by atoms with van der Waals surface area (Å²) in [6, 6.07) is -0.0787. The van der Waals surface area contributed by atoms with Crippen molar-refractivity contribution in [1.82, 2.24) is 9.80 Å². The molecule has 0 aliphatic heterocycles. The van der Waals surface area contributed by atoms with Gasteiger partial charge in [-0.25, -0.2) is 4.79 Å². The van der Waals surface area contributed by atoms with Crippen molar-refractivity contribution in [3.05, 3.63) is 25.6 Å². The van der Waals surface area contributed by atoms with E-state index < -0.39 is 0 Å². The van der Waals surface area contributed by atoms with Gasteiger partial charge >= 0.3 is 6.03 Å². The van der Waals surface area contributed by atoms with Gasteiger partial charge < -0.3 is 9.80 Å². The molecule has 0 aliphatic rings. The summed E-state index contributed by atoms with van der Waals surface area (Å²) in [7, 11) is 0. The lowest BCUT2D eigenvalue weighted by atomic mass is 10.5. The molecule has 0 saturated heterocycles. The second-order valence-corrected chi connectivity index (χ2v) is 2.22. The number of nitrogens with zero attached hydrogens (tertiary/aromatic N) is 2. The predicted octanol–water partition coefficient (Wildman–Crippen LogP) is 2.04. The largest absolute Gasteiger partial charge is 0.327 e. The molecule has 12 heavy (non-hydrogen) atoms. The fourth-order valence-corrected chi connectivity index (χ4v) is 0.850. The predicted molar refractivity (Wildman–Crippen MR) is 50.6 cm³/mol. The zero-order valence-corrected chi connectivity index (χ0v) is 7.79. The molecule has 3 heteroatoms. The van der Waals surface area contributed by atoms with Crippen LogP contribution in [0.25, 0.3) is 0 Å². The summed E-state index contributed by atoms with van der Waals surface area (Å²) in [6.07, 6.45) is 3.04. The molecule has 2 amide bonds. The topological polar surface area (TPSA) is 23.6 Å². The number of carbonyl (C=O) groups is 1. The molecular weight excluding hydrogens is 152 g/mol. The Morgan fingerprint density at radius 3 is 1.67 bits per heavy atom. The van der Waals surface area contributed by atoms with Gasteiger partial charge in [0.2, 0.25) is 0 Å². The Labute approximate surface area is 74.0 Å². The molecule has 68 valence electrons. The Hall–Kier alpha value is -1.25. The molecule has 0 spiro atoms. The van der Waals surface area contributed by atoms with Crippen LogP contribution in [0.4, 0.5) is 4.79 Å². The SMILES string of the molecule is C=CN(CC)C(=O)N(C=C)CC. The van der Waals surface area contributed by atoms with Crippen LogP contribution in [-0.2, 0) is 0 Å². The first-order valence-corrected chi connectivity index (χ1v) is 4.03. The van der Waals surface area contributed by atoms with E-state index in [4.69, 9.17) is 0 Å². The summed E-state index contributed by atoms with van der Waals surface area (Å²) in [6.45, 7) is 12.2. The average Bonchev–Trinajstić information content (AvgIpc) is 2.09. The van der Waals surface area contributed by atoms with Crippen molar-refractivity contribution in [1.29, 1.82) is 0 Å². The molecule has 0 atom stereocenters. The minimum absolute atomic E-state index is 0.0787. The minimum atomic E-state index is -0.0787. The number of hydrogen-bond donors (Lipinski definition) is 0. The number of amides is 2. The molecule has 0 unspecified atom stereocenters. The second kappa shape index (κ2) is 5.41. The Kier molecular flexibility index (Phi) is 4.84. The van der Waals surface area contributed by atoms with Gasteiger partial charge in [-0.15, -0.1) is 0 Å². The molecule has 0 saturated carbocycles. The van der Waals surface area contributed by atoms with Crippen LogP contribution in [0.15, 0.2) is 25.6 Å². The van der Waals surface area contributed by atoms with E-state index in [0.717, 1.165) is 0 Å². The van der Waals surface area contributed by atoms with Crippen molar-refractivity contribution >= 4 is 6.03 Å². The summed E-state index contributed by atoms with van der Waals surface area (Å²) in [5.41, 5.74) is 0. The van der Waals surface area contributed by atoms with Crippen LogP contribution in [0.3, 0.4) is 0 Å². The third-order valence-corrected chi connectivity index (χ3v) is 1.61. The maximum absolute atomic E-state index is 11.5. The first-order valence-electron chi connectivity index (χ1n) is 4.03. The highest BCUT2D eigenvalue weighted by atomic mass is 16.2. The van der Waals surface area contributed by atoms with E-state index in [1.807, 2.05) is 13.8 Å². The van der Waals surface area contributed by atoms with Gasteiger partial charge in [0, 0.05) is 25.5 Å². The van der Waals surface area contributed by atoms with E-state index in [-0.39, 0.29) is 6.03 Å². The first-order chi connectivity index (χ1) is 5.71. The summed E-state index contributed by atoms with van der Waals surface area (Å²) >= 11 is 0. The summed E-state index contributed by atoms with van der Waals surface area (Å²) in [5, 5.41) is 0. The van der Waals surface area contributed by atoms with E-state index in [1.54, 1.807) is 0 Å². The van der Waals surface area contributed by atoms with Gasteiger partial charge in [-0.05, 0) is 13.8 Å². The van der Waals surface area contributed by atoms with E-state index >= 15 is 0 Å². The van der Waals surface area contributed by atoms with Crippen molar-refractivity contribution in [2.45, 2.75) is 13.8 Å². The standard InChI is InChI=1S/C9H16N2O/c1-5-10(6-2)9(12)11(7-3)8-4/h5,7H,1,3,6,8H2,2,4H3. The van der Waals surface area contributed by atoms with Crippen molar-refractivity contribution < 1.29 is 4.79 Å². The summed E-state index contributed by atoms with van der Waals surface area (Å²) < 4.78 is 0. The molecule has 0 aliphatic carbocycles. The maximum Gasteiger partial charge on any atom is 0.327 e. The van der Waals surface area contributed by atoms with Gasteiger partial charge in [-0.3, -0.25) is 0 Å². The first kappa shape index (κ1) is 10.8. The van der Waals surface area contributed by atoms with Crippen LogP contribution in [0.2, 0.25) is 0 Å². The summed E-state index contributed by atoms with van der Waals surface area (Å²) in [4.78, 5) is 14.5. The zero-order valence-electron chi connectivity index (χ0n) is 7.79. The average molecular weight is 168 g/mol. The van der Waals surface area contributed by atoms with E-state index in [9.17, 15) is 4.79 Å². The highest BCUT2D eigenvalue weighted by Crippen LogP contribution is 1.99. The number of hydrogen-bond acceptors (Lipinski definition) is 1. The third-order valence-electron chi connectivity index (χ3n) is 1.61. The molecule has 0 aromatic heterocycles. The van der Waals surface area contributed by atoms with Gasteiger partial charge in [0.15, 0.2) is 0 Å². The van der Waals surface area contributed by atoms with Gasteiger partial charge in [0.25, 0.3) is 0 Å². The molecule has 0 aromatic rings. The van der Waals surface area contributed by atoms with E-state index in [1.165, 1.54) is 22.2 Å². The lowest BCUT2D eigenvalue weighted by Crippen LogP contribution is -2.36. The Bertz CT molecular complexity index is 159. The molecule has 0 radical (unpaired) electrons. The van der Waals surface area contributed by atoms with Gasteiger partial charge in [-0.2, -0.15) is 0 Å². The molecule has 0 rings (SSSR count). The van der Waals surface area contributed by atoms with E-state index in [2.05, 4.69) is 13.2 Å². The van der Waals surface area contributed by atoms with Crippen LogP contribution >= 0.6 is 0 Å². The Morgan fingerprint density at radius 1 is 1.17 bits per heavy atom.